The number of hydrogen-bond donors (Lipinski definition) is 0. The fourth-order valence-electron chi connectivity index (χ4n) is 3.70. The average Bonchev–Trinajstić information content (AvgIpc) is 3.32. The summed E-state index contributed by atoms with van der Waals surface area (Å²) in [5.41, 5.74) is 4.73. The topological polar surface area (TPSA) is 84.0 Å². The zero-order valence-corrected chi connectivity index (χ0v) is 19.2. The van der Waals surface area contributed by atoms with Crippen molar-refractivity contribution in [1.29, 1.82) is 5.26 Å². The number of nitriles is 1. The summed E-state index contributed by atoms with van der Waals surface area (Å²) in [4.78, 5) is 19.6. The van der Waals surface area contributed by atoms with Crippen molar-refractivity contribution in [2.45, 2.75) is 19.9 Å². The van der Waals surface area contributed by atoms with Gasteiger partial charge >= 0.3 is 0 Å². The van der Waals surface area contributed by atoms with Crippen molar-refractivity contribution >= 4 is 5.91 Å². The minimum Gasteiger partial charge on any atom is -0.497 e. The van der Waals surface area contributed by atoms with Gasteiger partial charge in [-0.15, -0.1) is 0 Å². The van der Waals surface area contributed by atoms with E-state index in [-0.39, 0.29) is 12.3 Å². The van der Waals surface area contributed by atoms with Crippen LogP contribution < -0.4 is 4.74 Å². The molecule has 2 aromatic heterocycles. The van der Waals surface area contributed by atoms with Crippen molar-refractivity contribution < 1.29 is 9.53 Å². The SMILES string of the molecule is COc1ccc(-c2cc(C(=O)N(CCC#N)Cc3cccnc3)n(-c3cccc(C)c3)n2)cc1. The van der Waals surface area contributed by atoms with Crippen LogP contribution in [0.5, 0.6) is 5.75 Å². The molecule has 1 amide bonds. The number of aryl methyl sites for hydroxylation is 1. The Labute approximate surface area is 198 Å². The van der Waals surface area contributed by atoms with Gasteiger partial charge in [0.1, 0.15) is 11.4 Å². The van der Waals surface area contributed by atoms with E-state index >= 15 is 0 Å². The molecule has 0 aliphatic heterocycles. The van der Waals surface area contributed by atoms with Gasteiger partial charge in [-0.1, -0.05) is 18.2 Å². The van der Waals surface area contributed by atoms with Gasteiger partial charge in [0.05, 0.1) is 31.0 Å². The predicted octanol–water partition coefficient (Wildman–Crippen LogP) is 4.81. The number of ether oxygens (including phenoxy) is 1. The summed E-state index contributed by atoms with van der Waals surface area (Å²) in [6, 6.07) is 23.1. The van der Waals surface area contributed by atoms with Crippen molar-refractivity contribution in [2.24, 2.45) is 0 Å². The molecule has 2 aromatic carbocycles. The third-order valence-corrected chi connectivity index (χ3v) is 5.44. The fraction of sp³-hybridized carbons (Fsp3) is 0.185. The molecule has 0 unspecified atom stereocenters. The van der Waals surface area contributed by atoms with E-state index in [1.807, 2.05) is 67.6 Å². The summed E-state index contributed by atoms with van der Waals surface area (Å²) in [7, 11) is 1.62. The van der Waals surface area contributed by atoms with Gasteiger partial charge in [-0.2, -0.15) is 10.4 Å². The minimum absolute atomic E-state index is 0.201. The number of hydrogen-bond acceptors (Lipinski definition) is 5. The Kier molecular flexibility index (Phi) is 6.99. The maximum Gasteiger partial charge on any atom is 0.272 e. The second-order valence-corrected chi connectivity index (χ2v) is 7.89. The van der Waals surface area contributed by atoms with Crippen LogP contribution in [0.3, 0.4) is 0 Å². The molecule has 170 valence electrons. The molecule has 0 radical (unpaired) electrons. The third kappa shape index (κ3) is 5.13. The van der Waals surface area contributed by atoms with E-state index in [2.05, 4.69) is 11.1 Å². The molecule has 0 N–H and O–H groups in total. The normalized spacial score (nSPS) is 10.5. The van der Waals surface area contributed by atoms with E-state index in [0.717, 1.165) is 28.1 Å². The molecule has 0 fully saturated rings. The molecule has 7 heteroatoms. The number of nitrogens with zero attached hydrogens (tertiary/aromatic N) is 5. The quantitative estimate of drug-likeness (QED) is 0.384. The third-order valence-electron chi connectivity index (χ3n) is 5.44. The Morgan fingerprint density at radius 2 is 1.94 bits per heavy atom. The van der Waals surface area contributed by atoms with Crippen molar-refractivity contribution in [3.05, 3.63) is 95.9 Å². The van der Waals surface area contributed by atoms with E-state index in [1.54, 1.807) is 35.2 Å². The van der Waals surface area contributed by atoms with Crippen LogP contribution in [0.4, 0.5) is 0 Å². The van der Waals surface area contributed by atoms with Crippen LogP contribution >= 0.6 is 0 Å². The highest BCUT2D eigenvalue weighted by Gasteiger charge is 2.23. The molecule has 0 saturated carbocycles. The molecule has 0 bridgehead atoms. The second-order valence-electron chi connectivity index (χ2n) is 7.89. The van der Waals surface area contributed by atoms with Crippen LogP contribution in [0.25, 0.3) is 16.9 Å². The lowest BCUT2D eigenvalue weighted by atomic mass is 10.1. The number of aromatic nitrogens is 3. The van der Waals surface area contributed by atoms with Gasteiger partial charge in [-0.25, -0.2) is 4.68 Å². The number of carbonyl (C=O) groups excluding carboxylic acids is 1. The largest absolute Gasteiger partial charge is 0.497 e. The summed E-state index contributed by atoms with van der Waals surface area (Å²) in [5.74, 6) is 0.546. The molecular formula is C27H25N5O2. The number of carbonyl (C=O) groups is 1. The van der Waals surface area contributed by atoms with E-state index in [4.69, 9.17) is 15.1 Å². The zero-order valence-electron chi connectivity index (χ0n) is 19.2. The Morgan fingerprint density at radius 1 is 1.12 bits per heavy atom. The average molecular weight is 452 g/mol. The Bertz CT molecular complexity index is 1310. The summed E-state index contributed by atoms with van der Waals surface area (Å²) < 4.78 is 6.94. The van der Waals surface area contributed by atoms with Gasteiger partial charge in [0.15, 0.2) is 0 Å². The summed E-state index contributed by atoms with van der Waals surface area (Å²) in [6.45, 7) is 2.66. The van der Waals surface area contributed by atoms with Crippen LogP contribution in [0, 0.1) is 18.3 Å². The second kappa shape index (κ2) is 10.5. The Hall–Kier alpha value is -4.44. The summed E-state index contributed by atoms with van der Waals surface area (Å²) >= 11 is 0. The highest BCUT2D eigenvalue weighted by Crippen LogP contribution is 2.25. The number of rotatable bonds is 8. The molecule has 4 aromatic rings. The van der Waals surface area contributed by atoms with Crippen molar-refractivity contribution in [3.63, 3.8) is 0 Å². The standard InChI is InChI=1S/C27H25N5O2/c1-20-6-3-8-23(16-20)32-26(17-25(30-32)22-9-11-24(34-2)12-10-22)27(33)31(15-5-13-28)19-21-7-4-14-29-18-21/h3-4,6-12,14,16-18H,5,15,19H2,1-2H3. The predicted molar refractivity (Wildman–Crippen MR) is 129 cm³/mol. The molecular weight excluding hydrogens is 426 g/mol. The molecule has 0 aliphatic carbocycles. The van der Waals surface area contributed by atoms with Crippen LogP contribution in [0.2, 0.25) is 0 Å². The number of amides is 1. The summed E-state index contributed by atoms with van der Waals surface area (Å²) in [6.07, 6.45) is 3.65. The molecule has 34 heavy (non-hydrogen) atoms. The van der Waals surface area contributed by atoms with Gasteiger partial charge in [0.25, 0.3) is 5.91 Å². The Balaban J connectivity index is 1.77. The Morgan fingerprint density at radius 3 is 2.62 bits per heavy atom. The molecule has 0 atom stereocenters. The highest BCUT2D eigenvalue weighted by molar-refractivity contribution is 5.94. The zero-order chi connectivity index (χ0) is 23.9. The first-order valence-electron chi connectivity index (χ1n) is 11.0. The molecule has 7 nitrogen and oxygen atoms in total. The van der Waals surface area contributed by atoms with Gasteiger partial charge in [-0.3, -0.25) is 9.78 Å². The first-order valence-corrected chi connectivity index (χ1v) is 11.0. The molecule has 4 rings (SSSR count). The van der Waals surface area contributed by atoms with Gasteiger partial charge in [0, 0.05) is 31.0 Å². The van der Waals surface area contributed by atoms with E-state index < -0.39 is 0 Å². The number of methoxy groups -OCH3 is 1. The van der Waals surface area contributed by atoms with Crippen molar-refractivity contribution in [2.75, 3.05) is 13.7 Å². The fourth-order valence-corrected chi connectivity index (χ4v) is 3.70. The van der Waals surface area contributed by atoms with E-state index in [0.29, 0.717) is 24.5 Å². The maximum atomic E-state index is 13.8. The maximum absolute atomic E-state index is 13.8. The van der Waals surface area contributed by atoms with E-state index in [9.17, 15) is 4.79 Å². The van der Waals surface area contributed by atoms with E-state index in [1.165, 1.54) is 0 Å². The lowest BCUT2D eigenvalue weighted by molar-refractivity contribution is 0.0737. The van der Waals surface area contributed by atoms with Crippen molar-refractivity contribution in [3.8, 4) is 28.8 Å². The van der Waals surface area contributed by atoms with Crippen LogP contribution in [0.15, 0.2) is 79.1 Å². The monoisotopic (exact) mass is 451 g/mol. The minimum atomic E-state index is -0.201. The first kappa shape index (κ1) is 22.7. The summed E-state index contributed by atoms with van der Waals surface area (Å²) in [5, 5.41) is 14.0. The van der Waals surface area contributed by atoms with Crippen LogP contribution in [-0.4, -0.2) is 39.2 Å². The van der Waals surface area contributed by atoms with Crippen LogP contribution in [-0.2, 0) is 6.54 Å². The van der Waals surface area contributed by atoms with Crippen molar-refractivity contribution in [1.82, 2.24) is 19.7 Å². The lowest BCUT2D eigenvalue weighted by Gasteiger charge is -2.22. The van der Waals surface area contributed by atoms with Gasteiger partial charge in [-0.05, 0) is 66.6 Å². The lowest BCUT2D eigenvalue weighted by Crippen LogP contribution is -2.33. The molecule has 2 heterocycles. The number of pyridine rings is 1. The van der Waals surface area contributed by atoms with Gasteiger partial charge in [0.2, 0.25) is 0 Å². The number of benzene rings is 2. The molecule has 0 saturated heterocycles. The smallest absolute Gasteiger partial charge is 0.272 e. The van der Waals surface area contributed by atoms with Gasteiger partial charge < -0.3 is 9.64 Å². The first-order chi connectivity index (χ1) is 16.6. The highest BCUT2D eigenvalue weighted by atomic mass is 16.5. The molecule has 0 aliphatic rings. The van der Waals surface area contributed by atoms with Crippen LogP contribution in [0.1, 0.15) is 28.0 Å². The molecule has 0 spiro atoms.